The van der Waals surface area contributed by atoms with Crippen LogP contribution in [0, 0.1) is 5.82 Å². The lowest BCUT2D eigenvalue weighted by molar-refractivity contribution is 0.223. The van der Waals surface area contributed by atoms with Gasteiger partial charge in [0.1, 0.15) is 17.4 Å². The molecule has 0 saturated carbocycles. The van der Waals surface area contributed by atoms with E-state index >= 15 is 0 Å². The molecule has 158 valence electrons. The molecule has 0 aliphatic carbocycles. The number of benzene rings is 2. The maximum Gasteiger partial charge on any atom is 0.227 e. The van der Waals surface area contributed by atoms with E-state index in [1.54, 1.807) is 23.1 Å². The molecule has 0 spiro atoms. The zero-order valence-electron chi connectivity index (χ0n) is 16.8. The van der Waals surface area contributed by atoms with Gasteiger partial charge in [0.15, 0.2) is 5.82 Å². The molecule has 5 rings (SSSR count). The van der Waals surface area contributed by atoms with Crippen LogP contribution in [0.4, 0.5) is 16.0 Å². The molecule has 0 bridgehead atoms. The molecule has 0 radical (unpaired) electrons. The number of anilines is 2. The van der Waals surface area contributed by atoms with Crippen molar-refractivity contribution in [3.05, 3.63) is 59.2 Å². The minimum atomic E-state index is -0.406. The Morgan fingerprint density at radius 3 is 2.87 bits per heavy atom. The molecule has 9 heteroatoms. The summed E-state index contributed by atoms with van der Waals surface area (Å²) in [4.78, 5) is 8.71. The van der Waals surface area contributed by atoms with Crippen LogP contribution >= 0.6 is 15.9 Å². The van der Waals surface area contributed by atoms with E-state index in [2.05, 4.69) is 41.6 Å². The van der Waals surface area contributed by atoms with E-state index in [1.165, 1.54) is 6.07 Å². The quantitative estimate of drug-likeness (QED) is 0.438. The van der Waals surface area contributed by atoms with Gasteiger partial charge in [-0.3, -0.25) is 4.68 Å². The summed E-state index contributed by atoms with van der Waals surface area (Å²) in [6.45, 7) is 1.77. The van der Waals surface area contributed by atoms with Gasteiger partial charge < -0.3 is 15.4 Å². The smallest absolute Gasteiger partial charge is 0.227 e. The summed E-state index contributed by atoms with van der Waals surface area (Å²) in [7, 11) is 1.88. The van der Waals surface area contributed by atoms with Gasteiger partial charge in [-0.1, -0.05) is 15.9 Å². The summed E-state index contributed by atoms with van der Waals surface area (Å²) in [6.07, 6.45) is 6.44. The van der Waals surface area contributed by atoms with E-state index in [0.29, 0.717) is 15.8 Å². The number of halogens is 2. The van der Waals surface area contributed by atoms with Crippen LogP contribution in [0.2, 0.25) is 0 Å². The summed E-state index contributed by atoms with van der Waals surface area (Å²) < 4.78 is 23.0. The lowest BCUT2D eigenvalue weighted by atomic mass is 10.1. The maximum atomic E-state index is 14.4. The number of hydrogen-bond donors (Lipinski definition) is 2. The van der Waals surface area contributed by atoms with Gasteiger partial charge in [0.05, 0.1) is 6.20 Å². The van der Waals surface area contributed by atoms with E-state index in [0.717, 1.165) is 42.1 Å². The molecule has 1 atom stereocenters. The number of fused-ring (bicyclic) bond motifs is 1. The third-order valence-corrected chi connectivity index (χ3v) is 5.58. The van der Waals surface area contributed by atoms with E-state index in [-0.39, 0.29) is 11.6 Å². The molecule has 31 heavy (non-hydrogen) atoms. The van der Waals surface area contributed by atoms with Crippen LogP contribution in [0.15, 0.2) is 53.4 Å². The van der Waals surface area contributed by atoms with Crippen LogP contribution in [0.3, 0.4) is 0 Å². The van der Waals surface area contributed by atoms with Gasteiger partial charge in [0.2, 0.25) is 5.95 Å². The van der Waals surface area contributed by atoms with Crippen molar-refractivity contribution in [1.82, 2.24) is 25.1 Å². The topological polar surface area (TPSA) is 76.9 Å². The third-order valence-electron chi connectivity index (χ3n) is 5.12. The van der Waals surface area contributed by atoms with E-state index in [4.69, 9.17) is 4.74 Å². The second kappa shape index (κ2) is 8.24. The van der Waals surface area contributed by atoms with Gasteiger partial charge in [0, 0.05) is 53.2 Å². The highest BCUT2D eigenvalue weighted by Crippen LogP contribution is 2.31. The molecule has 3 heterocycles. The third kappa shape index (κ3) is 4.38. The fourth-order valence-corrected chi connectivity index (χ4v) is 4.10. The van der Waals surface area contributed by atoms with Crippen molar-refractivity contribution in [2.75, 3.05) is 18.4 Å². The second-order valence-electron chi connectivity index (χ2n) is 7.53. The number of aromatic nitrogens is 4. The average molecular weight is 483 g/mol. The van der Waals surface area contributed by atoms with Gasteiger partial charge in [-0.25, -0.2) is 14.4 Å². The van der Waals surface area contributed by atoms with E-state index in [9.17, 15) is 4.39 Å². The summed E-state index contributed by atoms with van der Waals surface area (Å²) >= 11 is 3.29. The van der Waals surface area contributed by atoms with Crippen LogP contribution in [0.25, 0.3) is 22.0 Å². The lowest BCUT2D eigenvalue weighted by Gasteiger charge is -2.15. The highest BCUT2D eigenvalue weighted by molar-refractivity contribution is 9.10. The van der Waals surface area contributed by atoms with Gasteiger partial charge in [0.25, 0.3) is 0 Å². The van der Waals surface area contributed by atoms with Gasteiger partial charge in [-0.2, -0.15) is 5.10 Å². The molecular formula is C22H20BrFN6O. The largest absolute Gasteiger partial charge is 0.489 e. The standard InChI is InChI=1S/C22H20BrFN6O/c1-30-12-15(10-27-30)13-5-17(8-19(6-13)31-18-2-3-25-11-18)28-22-26-9-14-4-16(23)7-20(24)21(14)29-22/h4-10,12,18,25H,2-3,11H2,1H3,(H,26,28,29)/t18-/m1/s1. The molecule has 1 fully saturated rings. The predicted octanol–water partition coefficient (Wildman–Crippen LogP) is 4.42. The lowest BCUT2D eigenvalue weighted by Crippen LogP contribution is -2.19. The Hall–Kier alpha value is -3.04. The molecule has 7 nitrogen and oxygen atoms in total. The van der Waals surface area contributed by atoms with Crippen LogP contribution in [-0.2, 0) is 7.05 Å². The SMILES string of the molecule is Cn1cc(-c2cc(Nc3ncc4cc(Br)cc(F)c4n3)cc(O[C@@H]3CCNC3)c2)cn1. The van der Waals surface area contributed by atoms with Crippen LogP contribution < -0.4 is 15.4 Å². The maximum absolute atomic E-state index is 14.4. The molecule has 2 aromatic heterocycles. The summed E-state index contributed by atoms with van der Waals surface area (Å²) in [5, 5.41) is 11.4. The number of hydrogen-bond acceptors (Lipinski definition) is 6. The highest BCUT2D eigenvalue weighted by Gasteiger charge is 2.17. The Labute approximate surface area is 186 Å². The Bertz CT molecular complexity index is 1250. The zero-order chi connectivity index (χ0) is 21.4. The van der Waals surface area contributed by atoms with Gasteiger partial charge in [-0.15, -0.1) is 0 Å². The fourth-order valence-electron chi connectivity index (χ4n) is 3.65. The first-order chi connectivity index (χ1) is 15.0. The first-order valence-corrected chi connectivity index (χ1v) is 10.7. The van der Waals surface area contributed by atoms with Gasteiger partial charge in [-0.05, 0) is 42.8 Å². The average Bonchev–Trinajstić information content (AvgIpc) is 3.40. The van der Waals surface area contributed by atoms with Crippen molar-refractivity contribution in [3.63, 3.8) is 0 Å². The first-order valence-electron chi connectivity index (χ1n) is 9.94. The summed E-state index contributed by atoms with van der Waals surface area (Å²) in [6, 6.07) is 9.06. The van der Waals surface area contributed by atoms with Crippen LogP contribution in [0.1, 0.15) is 6.42 Å². The number of aryl methyl sites for hydroxylation is 1. The Kier molecular flexibility index (Phi) is 5.29. The number of rotatable bonds is 5. The molecular weight excluding hydrogens is 463 g/mol. The van der Waals surface area contributed by atoms with Crippen molar-refractivity contribution in [2.24, 2.45) is 7.05 Å². The Morgan fingerprint density at radius 2 is 2.10 bits per heavy atom. The molecule has 1 saturated heterocycles. The first kappa shape index (κ1) is 19.9. The summed E-state index contributed by atoms with van der Waals surface area (Å²) in [5.41, 5.74) is 2.93. The highest BCUT2D eigenvalue weighted by atomic mass is 79.9. The number of nitrogens with zero attached hydrogens (tertiary/aromatic N) is 4. The number of nitrogens with one attached hydrogen (secondary N) is 2. The van der Waals surface area contributed by atoms with Crippen molar-refractivity contribution in [2.45, 2.75) is 12.5 Å². The molecule has 1 aliphatic rings. The minimum Gasteiger partial charge on any atom is -0.489 e. The molecule has 2 aromatic carbocycles. The molecule has 0 amide bonds. The predicted molar refractivity (Wildman–Crippen MR) is 121 cm³/mol. The summed E-state index contributed by atoms with van der Waals surface area (Å²) in [5.74, 6) is 0.649. The molecule has 0 unspecified atom stereocenters. The van der Waals surface area contributed by atoms with Crippen molar-refractivity contribution < 1.29 is 9.13 Å². The molecule has 4 aromatic rings. The van der Waals surface area contributed by atoms with Crippen LogP contribution in [0.5, 0.6) is 5.75 Å². The Morgan fingerprint density at radius 1 is 1.19 bits per heavy atom. The van der Waals surface area contributed by atoms with Crippen molar-refractivity contribution in [1.29, 1.82) is 0 Å². The molecule has 1 aliphatic heterocycles. The van der Waals surface area contributed by atoms with E-state index in [1.807, 2.05) is 31.4 Å². The van der Waals surface area contributed by atoms with Crippen molar-refractivity contribution in [3.8, 4) is 16.9 Å². The second-order valence-corrected chi connectivity index (χ2v) is 8.44. The van der Waals surface area contributed by atoms with E-state index < -0.39 is 5.82 Å². The van der Waals surface area contributed by atoms with Crippen molar-refractivity contribution >= 4 is 38.5 Å². The Balaban J connectivity index is 1.50. The van der Waals surface area contributed by atoms with Crippen LogP contribution in [-0.4, -0.2) is 38.9 Å². The normalized spacial score (nSPS) is 16.0. The fraction of sp³-hybridized carbons (Fsp3) is 0.227. The molecule has 2 N–H and O–H groups in total. The monoisotopic (exact) mass is 482 g/mol. The number of ether oxygens (including phenoxy) is 1. The van der Waals surface area contributed by atoms with Gasteiger partial charge >= 0.3 is 0 Å². The minimum absolute atomic E-state index is 0.126. The zero-order valence-corrected chi connectivity index (χ0v) is 18.4.